The maximum Gasteiger partial charge on any atom is 0.331 e. The summed E-state index contributed by atoms with van der Waals surface area (Å²) in [4.78, 5) is 24.4. The molecule has 1 N–H and O–H groups in total. The number of esters is 1. The van der Waals surface area contributed by atoms with Crippen LogP contribution in [0.15, 0.2) is 48.5 Å². The average Bonchev–Trinajstić information content (AvgIpc) is 2.68. The quantitative estimate of drug-likeness (QED) is 0.590. The molecule has 0 spiro atoms. The van der Waals surface area contributed by atoms with Crippen molar-refractivity contribution < 1.29 is 19.1 Å². The Kier molecular flexibility index (Phi) is 7.17. The third-order valence-corrected chi connectivity index (χ3v) is 4.18. The Hall–Kier alpha value is -3.08. The summed E-state index contributed by atoms with van der Waals surface area (Å²) in [6, 6.07) is 13.1. The third kappa shape index (κ3) is 5.71. The van der Waals surface area contributed by atoms with Crippen molar-refractivity contribution in [2.24, 2.45) is 0 Å². The Morgan fingerprint density at radius 1 is 1.15 bits per heavy atom. The Balaban J connectivity index is 1.95. The number of para-hydroxylation sites is 1. The van der Waals surface area contributed by atoms with Gasteiger partial charge in [-0.05, 0) is 55.2 Å². The van der Waals surface area contributed by atoms with Crippen molar-refractivity contribution >= 4 is 23.6 Å². The van der Waals surface area contributed by atoms with Gasteiger partial charge in [0.1, 0.15) is 5.75 Å². The van der Waals surface area contributed by atoms with Crippen LogP contribution in [-0.4, -0.2) is 25.1 Å². The van der Waals surface area contributed by atoms with Crippen molar-refractivity contribution in [1.29, 1.82) is 0 Å². The van der Waals surface area contributed by atoms with Crippen LogP contribution in [0.4, 0.5) is 5.69 Å². The number of amides is 1. The maximum absolute atomic E-state index is 12.4. The predicted octanol–water partition coefficient (Wildman–Crippen LogP) is 4.15. The zero-order valence-corrected chi connectivity index (χ0v) is 16.1. The van der Waals surface area contributed by atoms with Gasteiger partial charge in [0.2, 0.25) is 0 Å². The molecule has 1 atom stereocenters. The number of nitrogens with one attached hydrogen (secondary N) is 1. The smallest absolute Gasteiger partial charge is 0.331 e. The fourth-order valence-corrected chi connectivity index (χ4v) is 2.57. The first-order chi connectivity index (χ1) is 12.9. The SMILES string of the molecule is CCc1cccc(C)c1NC(=O)C(C)OC(=O)C=Cc1ccc(OC)cc1. The standard InChI is InChI=1S/C22H25NO4/c1-5-18-8-6-7-15(2)21(18)23-22(25)16(3)27-20(24)14-11-17-9-12-19(26-4)13-10-17/h6-14,16H,5H2,1-4H3,(H,23,25). The van der Waals surface area contributed by atoms with Gasteiger partial charge in [0.05, 0.1) is 7.11 Å². The predicted molar refractivity (Wildman–Crippen MR) is 107 cm³/mol. The largest absolute Gasteiger partial charge is 0.497 e. The van der Waals surface area contributed by atoms with E-state index in [1.807, 2.05) is 44.2 Å². The van der Waals surface area contributed by atoms with E-state index in [0.717, 1.165) is 34.5 Å². The minimum atomic E-state index is -0.901. The van der Waals surface area contributed by atoms with Crippen molar-refractivity contribution in [3.63, 3.8) is 0 Å². The van der Waals surface area contributed by atoms with Crippen molar-refractivity contribution in [2.45, 2.75) is 33.3 Å². The van der Waals surface area contributed by atoms with Crippen LogP contribution in [0.2, 0.25) is 0 Å². The number of carbonyl (C=O) groups is 2. The molecule has 0 aliphatic heterocycles. The lowest BCUT2D eigenvalue weighted by Gasteiger charge is -2.16. The van der Waals surface area contributed by atoms with Crippen LogP contribution in [-0.2, 0) is 20.7 Å². The Morgan fingerprint density at radius 3 is 2.48 bits per heavy atom. The molecule has 0 aliphatic rings. The molecule has 0 bridgehead atoms. The number of ether oxygens (including phenoxy) is 2. The topological polar surface area (TPSA) is 64.6 Å². The third-order valence-electron chi connectivity index (χ3n) is 4.18. The number of hydrogen-bond acceptors (Lipinski definition) is 4. The molecule has 0 fully saturated rings. The van der Waals surface area contributed by atoms with Crippen LogP contribution in [0.1, 0.15) is 30.5 Å². The Labute approximate surface area is 160 Å². The van der Waals surface area contributed by atoms with E-state index in [0.29, 0.717) is 0 Å². The average molecular weight is 367 g/mol. The second-order valence-corrected chi connectivity index (χ2v) is 6.14. The van der Waals surface area contributed by atoms with Crippen LogP contribution < -0.4 is 10.1 Å². The molecule has 0 saturated heterocycles. The molecule has 1 unspecified atom stereocenters. The van der Waals surface area contributed by atoms with Gasteiger partial charge >= 0.3 is 5.97 Å². The van der Waals surface area contributed by atoms with Gasteiger partial charge in [-0.2, -0.15) is 0 Å². The Morgan fingerprint density at radius 2 is 1.85 bits per heavy atom. The molecule has 0 heterocycles. The molecule has 2 aromatic carbocycles. The molecule has 2 aromatic rings. The molecule has 0 aromatic heterocycles. The second-order valence-electron chi connectivity index (χ2n) is 6.14. The van der Waals surface area contributed by atoms with E-state index in [2.05, 4.69) is 5.32 Å². The number of carbonyl (C=O) groups excluding carboxylic acids is 2. The summed E-state index contributed by atoms with van der Waals surface area (Å²) >= 11 is 0. The van der Waals surface area contributed by atoms with E-state index < -0.39 is 12.1 Å². The van der Waals surface area contributed by atoms with Crippen LogP contribution in [0.5, 0.6) is 5.75 Å². The number of aryl methyl sites for hydroxylation is 2. The summed E-state index contributed by atoms with van der Waals surface area (Å²) in [5, 5.41) is 2.87. The molecule has 5 heteroatoms. The number of benzene rings is 2. The van der Waals surface area contributed by atoms with Gasteiger partial charge in [-0.3, -0.25) is 4.79 Å². The van der Waals surface area contributed by atoms with Gasteiger partial charge in [0.25, 0.3) is 5.91 Å². The molecular formula is C22H25NO4. The molecule has 1 amide bonds. The van der Waals surface area contributed by atoms with Crippen LogP contribution in [0.3, 0.4) is 0 Å². The lowest BCUT2D eigenvalue weighted by molar-refractivity contribution is -0.148. The highest BCUT2D eigenvalue weighted by molar-refractivity contribution is 5.97. The summed E-state index contributed by atoms with van der Waals surface area (Å²) < 4.78 is 10.3. The van der Waals surface area contributed by atoms with Gasteiger partial charge in [-0.15, -0.1) is 0 Å². The molecule has 27 heavy (non-hydrogen) atoms. The van der Waals surface area contributed by atoms with E-state index >= 15 is 0 Å². The lowest BCUT2D eigenvalue weighted by atomic mass is 10.1. The van der Waals surface area contributed by atoms with Crippen molar-refractivity contribution in [3.8, 4) is 5.75 Å². The van der Waals surface area contributed by atoms with Gasteiger partial charge in [-0.1, -0.05) is 37.3 Å². The highest BCUT2D eigenvalue weighted by Gasteiger charge is 2.18. The molecule has 2 rings (SSSR count). The first-order valence-corrected chi connectivity index (χ1v) is 8.86. The van der Waals surface area contributed by atoms with E-state index in [1.54, 1.807) is 32.2 Å². The minimum Gasteiger partial charge on any atom is -0.497 e. The molecule has 142 valence electrons. The molecule has 5 nitrogen and oxygen atoms in total. The highest BCUT2D eigenvalue weighted by Crippen LogP contribution is 2.21. The molecule has 0 aliphatic carbocycles. The van der Waals surface area contributed by atoms with Crippen LogP contribution in [0.25, 0.3) is 6.08 Å². The first-order valence-electron chi connectivity index (χ1n) is 8.86. The minimum absolute atomic E-state index is 0.356. The lowest BCUT2D eigenvalue weighted by Crippen LogP contribution is -2.30. The number of hydrogen-bond donors (Lipinski definition) is 1. The molecular weight excluding hydrogens is 342 g/mol. The molecule has 0 radical (unpaired) electrons. The van der Waals surface area contributed by atoms with Gasteiger partial charge in [-0.25, -0.2) is 4.79 Å². The summed E-state index contributed by atoms with van der Waals surface area (Å²) in [5.74, 6) is -0.193. The molecule has 0 saturated carbocycles. The van der Waals surface area contributed by atoms with Crippen molar-refractivity contribution in [3.05, 3.63) is 65.2 Å². The normalized spacial score (nSPS) is 11.9. The maximum atomic E-state index is 12.4. The monoisotopic (exact) mass is 367 g/mol. The summed E-state index contributed by atoms with van der Waals surface area (Å²) in [6.45, 7) is 5.51. The zero-order chi connectivity index (χ0) is 19.8. The fourth-order valence-electron chi connectivity index (χ4n) is 2.57. The Bertz CT molecular complexity index is 825. The van der Waals surface area contributed by atoms with Crippen molar-refractivity contribution in [1.82, 2.24) is 0 Å². The van der Waals surface area contributed by atoms with E-state index in [4.69, 9.17) is 9.47 Å². The second kappa shape index (κ2) is 9.57. The van der Waals surface area contributed by atoms with E-state index in [1.165, 1.54) is 6.08 Å². The number of anilines is 1. The number of methoxy groups -OCH3 is 1. The summed E-state index contributed by atoms with van der Waals surface area (Å²) in [7, 11) is 1.59. The first kappa shape index (κ1) is 20.2. The number of rotatable bonds is 7. The van der Waals surface area contributed by atoms with Gasteiger partial charge in [0.15, 0.2) is 6.10 Å². The van der Waals surface area contributed by atoms with E-state index in [9.17, 15) is 9.59 Å². The van der Waals surface area contributed by atoms with E-state index in [-0.39, 0.29) is 5.91 Å². The summed E-state index contributed by atoms with van der Waals surface area (Å²) in [5.41, 5.74) is 3.63. The van der Waals surface area contributed by atoms with Crippen LogP contribution >= 0.6 is 0 Å². The highest BCUT2D eigenvalue weighted by atomic mass is 16.5. The zero-order valence-electron chi connectivity index (χ0n) is 16.1. The van der Waals surface area contributed by atoms with Gasteiger partial charge in [0, 0.05) is 11.8 Å². The van der Waals surface area contributed by atoms with Gasteiger partial charge < -0.3 is 14.8 Å². The van der Waals surface area contributed by atoms with Crippen molar-refractivity contribution in [2.75, 3.05) is 12.4 Å². The fraction of sp³-hybridized carbons (Fsp3) is 0.273. The summed E-state index contributed by atoms with van der Waals surface area (Å²) in [6.07, 6.45) is 2.83. The van der Waals surface area contributed by atoms with Crippen LogP contribution in [0, 0.1) is 6.92 Å².